The first-order valence-corrected chi connectivity index (χ1v) is 7.01. The number of carbonyl (C=O) groups excluding carboxylic acids is 1. The zero-order valence-corrected chi connectivity index (χ0v) is 11.8. The van der Waals surface area contributed by atoms with Gasteiger partial charge in [-0.25, -0.2) is 0 Å². The van der Waals surface area contributed by atoms with E-state index in [4.69, 9.17) is 9.26 Å². The third kappa shape index (κ3) is 3.21. The number of aromatic nitrogens is 2. The van der Waals surface area contributed by atoms with Gasteiger partial charge in [-0.2, -0.15) is 4.98 Å². The smallest absolute Gasteiger partial charge is 0.228 e. The normalized spacial score (nSPS) is 14.0. The molecule has 3 rings (SSSR count). The van der Waals surface area contributed by atoms with Gasteiger partial charge in [0.25, 0.3) is 0 Å². The van der Waals surface area contributed by atoms with E-state index in [0.29, 0.717) is 30.4 Å². The molecule has 1 aliphatic rings. The monoisotopic (exact) mass is 287 g/mol. The van der Waals surface area contributed by atoms with Crippen molar-refractivity contribution in [3.8, 4) is 17.1 Å². The molecule has 1 N–H and O–H groups in total. The predicted molar refractivity (Wildman–Crippen MR) is 75.7 cm³/mol. The van der Waals surface area contributed by atoms with Gasteiger partial charge in [0.2, 0.25) is 17.6 Å². The molecule has 0 aliphatic heterocycles. The number of rotatable bonds is 6. The number of ether oxygens (including phenoxy) is 1. The van der Waals surface area contributed by atoms with Crippen LogP contribution in [0, 0.1) is 5.92 Å². The molecule has 0 atom stereocenters. The Morgan fingerprint density at radius 1 is 1.43 bits per heavy atom. The SMILES string of the molecule is COc1ccccc1-c1noc(CCNC(=O)C2CC2)n1. The number of nitrogens with zero attached hydrogens (tertiary/aromatic N) is 2. The van der Waals surface area contributed by atoms with Crippen molar-refractivity contribution in [1.29, 1.82) is 0 Å². The number of hydrogen-bond acceptors (Lipinski definition) is 5. The number of methoxy groups -OCH3 is 1. The van der Waals surface area contributed by atoms with Crippen LogP contribution in [-0.4, -0.2) is 29.7 Å². The molecule has 0 unspecified atom stereocenters. The van der Waals surface area contributed by atoms with Crippen molar-refractivity contribution >= 4 is 5.91 Å². The quantitative estimate of drug-likeness (QED) is 0.876. The lowest BCUT2D eigenvalue weighted by molar-refractivity contribution is -0.122. The van der Waals surface area contributed by atoms with Crippen LogP contribution in [0.15, 0.2) is 28.8 Å². The zero-order valence-electron chi connectivity index (χ0n) is 11.8. The van der Waals surface area contributed by atoms with E-state index in [2.05, 4.69) is 15.5 Å². The molecule has 1 amide bonds. The van der Waals surface area contributed by atoms with E-state index in [0.717, 1.165) is 18.4 Å². The lowest BCUT2D eigenvalue weighted by Gasteiger charge is -2.03. The van der Waals surface area contributed by atoms with Gasteiger partial charge < -0.3 is 14.6 Å². The largest absolute Gasteiger partial charge is 0.496 e. The molecule has 1 aliphatic carbocycles. The Bertz CT molecular complexity index is 635. The standard InChI is InChI=1S/C15H17N3O3/c1-20-12-5-3-2-4-11(12)14-17-13(21-18-14)8-9-16-15(19)10-6-7-10/h2-5,10H,6-9H2,1H3,(H,16,19). The molecule has 1 heterocycles. The third-order valence-electron chi connectivity index (χ3n) is 3.40. The molecule has 1 saturated carbocycles. The van der Waals surface area contributed by atoms with Crippen molar-refractivity contribution in [3.05, 3.63) is 30.2 Å². The Morgan fingerprint density at radius 3 is 3.00 bits per heavy atom. The van der Waals surface area contributed by atoms with E-state index in [1.165, 1.54) is 0 Å². The first kappa shape index (κ1) is 13.6. The fourth-order valence-electron chi connectivity index (χ4n) is 2.08. The first-order chi connectivity index (χ1) is 10.3. The van der Waals surface area contributed by atoms with Crippen LogP contribution in [-0.2, 0) is 11.2 Å². The second-order valence-corrected chi connectivity index (χ2v) is 5.03. The fourth-order valence-corrected chi connectivity index (χ4v) is 2.08. The van der Waals surface area contributed by atoms with E-state index in [1.54, 1.807) is 7.11 Å². The molecular weight excluding hydrogens is 270 g/mol. The molecule has 6 nitrogen and oxygen atoms in total. The van der Waals surface area contributed by atoms with Crippen LogP contribution in [0.25, 0.3) is 11.4 Å². The van der Waals surface area contributed by atoms with Crippen molar-refractivity contribution in [2.24, 2.45) is 5.92 Å². The summed E-state index contributed by atoms with van der Waals surface area (Å²) in [4.78, 5) is 15.8. The van der Waals surface area contributed by atoms with Crippen LogP contribution in [0.2, 0.25) is 0 Å². The number of amides is 1. The van der Waals surface area contributed by atoms with Gasteiger partial charge in [-0.3, -0.25) is 4.79 Å². The second-order valence-electron chi connectivity index (χ2n) is 5.03. The zero-order chi connectivity index (χ0) is 14.7. The number of benzene rings is 1. The maximum atomic E-state index is 11.5. The van der Waals surface area contributed by atoms with Gasteiger partial charge in [-0.05, 0) is 25.0 Å². The Balaban J connectivity index is 1.61. The number of carbonyl (C=O) groups is 1. The molecule has 0 spiro atoms. The third-order valence-corrected chi connectivity index (χ3v) is 3.40. The molecule has 21 heavy (non-hydrogen) atoms. The Morgan fingerprint density at radius 2 is 2.24 bits per heavy atom. The molecule has 110 valence electrons. The molecule has 1 fully saturated rings. The summed E-state index contributed by atoms with van der Waals surface area (Å²) in [6.07, 6.45) is 2.54. The minimum Gasteiger partial charge on any atom is -0.496 e. The van der Waals surface area contributed by atoms with E-state index in [1.807, 2.05) is 24.3 Å². The fraction of sp³-hybridized carbons (Fsp3) is 0.400. The van der Waals surface area contributed by atoms with Crippen LogP contribution in [0.3, 0.4) is 0 Å². The average molecular weight is 287 g/mol. The molecule has 0 saturated heterocycles. The van der Waals surface area contributed by atoms with Crippen molar-refractivity contribution in [2.75, 3.05) is 13.7 Å². The highest BCUT2D eigenvalue weighted by Gasteiger charge is 2.29. The molecule has 0 radical (unpaired) electrons. The Labute approximate surface area is 122 Å². The molecule has 1 aromatic heterocycles. The van der Waals surface area contributed by atoms with E-state index < -0.39 is 0 Å². The second kappa shape index (κ2) is 5.95. The van der Waals surface area contributed by atoms with E-state index >= 15 is 0 Å². The van der Waals surface area contributed by atoms with Crippen LogP contribution in [0.4, 0.5) is 0 Å². The van der Waals surface area contributed by atoms with Gasteiger partial charge in [-0.1, -0.05) is 17.3 Å². The average Bonchev–Trinajstić information content (AvgIpc) is 3.27. The van der Waals surface area contributed by atoms with Crippen molar-refractivity contribution in [1.82, 2.24) is 15.5 Å². The maximum absolute atomic E-state index is 11.5. The first-order valence-electron chi connectivity index (χ1n) is 7.01. The number of para-hydroxylation sites is 1. The Hall–Kier alpha value is -2.37. The summed E-state index contributed by atoms with van der Waals surface area (Å²) in [5.74, 6) is 2.05. The molecule has 1 aromatic carbocycles. The highest BCUT2D eigenvalue weighted by molar-refractivity contribution is 5.80. The maximum Gasteiger partial charge on any atom is 0.228 e. The minimum absolute atomic E-state index is 0.125. The van der Waals surface area contributed by atoms with Crippen LogP contribution in [0.5, 0.6) is 5.75 Å². The van der Waals surface area contributed by atoms with Gasteiger partial charge in [0.05, 0.1) is 12.7 Å². The van der Waals surface area contributed by atoms with Crippen molar-refractivity contribution in [3.63, 3.8) is 0 Å². The van der Waals surface area contributed by atoms with Crippen LogP contribution in [0.1, 0.15) is 18.7 Å². The highest BCUT2D eigenvalue weighted by atomic mass is 16.5. The van der Waals surface area contributed by atoms with Gasteiger partial charge in [0, 0.05) is 18.9 Å². The number of hydrogen-bond donors (Lipinski definition) is 1. The lowest BCUT2D eigenvalue weighted by atomic mass is 10.2. The summed E-state index contributed by atoms with van der Waals surface area (Å²) in [6, 6.07) is 7.50. The number of nitrogens with one attached hydrogen (secondary N) is 1. The summed E-state index contributed by atoms with van der Waals surface area (Å²) in [7, 11) is 1.60. The van der Waals surface area contributed by atoms with Gasteiger partial charge >= 0.3 is 0 Å². The van der Waals surface area contributed by atoms with E-state index in [9.17, 15) is 4.79 Å². The van der Waals surface area contributed by atoms with Gasteiger partial charge in [0.1, 0.15) is 5.75 Å². The topological polar surface area (TPSA) is 77.3 Å². The highest BCUT2D eigenvalue weighted by Crippen LogP contribution is 2.29. The minimum atomic E-state index is 0.125. The van der Waals surface area contributed by atoms with E-state index in [-0.39, 0.29) is 11.8 Å². The summed E-state index contributed by atoms with van der Waals surface area (Å²) in [5, 5.41) is 6.83. The lowest BCUT2D eigenvalue weighted by Crippen LogP contribution is -2.26. The van der Waals surface area contributed by atoms with Crippen LogP contribution < -0.4 is 10.1 Å². The van der Waals surface area contributed by atoms with Gasteiger partial charge in [0.15, 0.2) is 0 Å². The molecule has 2 aromatic rings. The summed E-state index contributed by atoms with van der Waals surface area (Å²) in [6.45, 7) is 0.517. The van der Waals surface area contributed by atoms with Crippen molar-refractivity contribution in [2.45, 2.75) is 19.3 Å². The molecule has 6 heteroatoms. The molecular formula is C15H17N3O3. The van der Waals surface area contributed by atoms with Crippen LogP contribution >= 0.6 is 0 Å². The van der Waals surface area contributed by atoms with Crippen molar-refractivity contribution < 1.29 is 14.1 Å². The summed E-state index contributed by atoms with van der Waals surface area (Å²) in [5.41, 5.74) is 0.789. The summed E-state index contributed by atoms with van der Waals surface area (Å²) >= 11 is 0. The predicted octanol–water partition coefficient (Wildman–Crippen LogP) is 1.81. The molecule has 0 bridgehead atoms. The Kier molecular flexibility index (Phi) is 3.85. The summed E-state index contributed by atoms with van der Waals surface area (Å²) < 4.78 is 10.5. The van der Waals surface area contributed by atoms with Gasteiger partial charge in [-0.15, -0.1) is 0 Å².